The van der Waals surface area contributed by atoms with E-state index in [-0.39, 0.29) is 0 Å². The molecule has 0 saturated heterocycles. The van der Waals surface area contributed by atoms with Crippen LogP contribution < -0.4 is 0 Å². The van der Waals surface area contributed by atoms with E-state index < -0.39 is 0 Å². The van der Waals surface area contributed by atoms with Gasteiger partial charge in [-0.2, -0.15) is 0 Å². The number of para-hydroxylation sites is 12. The third kappa shape index (κ3) is 7.98. The minimum Gasteiger partial charge on any atom is -0.309 e. The zero-order chi connectivity index (χ0) is 71.6. The average molecular weight is 1400 g/mol. The molecule has 10 nitrogen and oxygen atoms in total. The van der Waals surface area contributed by atoms with E-state index in [1.54, 1.807) is 0 Å². The molecule has 0 amide bonds. The Morgan fingerprint density at radius 3 is 1.01 bits per heavy atom. The summed E-state index contributed by atoms with van der Waals surface area (Å²) in [6.07, 6.45) is 0. The zero-order valence-electron chi connectivity index (χ0n) is 59.0. The third-order valence-corrected chi connectivity index (χ3v) is 23.5. The van der Waals surface area contributed by atoms with Gasteiger partial charge >= 0.3 is 0 Å². The second kappa shape index (κ2) is 22.3. The van der Waals surface area contributed by atoms with Crippen LogP contribution in [0.2, 0.25) is 0 Å². The molecule has 10 aromatic heterocycles. The maximum atomic E-state index is 5.63. The lowest BCUT2D eigenvalue weighted by molar-refractivity contribution is 1.01. The van der Waals surface area contributed by atoms with Crippen molar-refractivity contribution in [3.63, 3.8) is 0 Å². The standard InChI is InChI=1S/2C50H29N5/c1-2-15-30(16-3-1)53-40-25-11-6-19-33(40)45-36(22-14-28-43(45)53)48-32-18-4-9-23-38(32)51-50(52-48)55-42-27-13-7-20-34(42)46-44(55)29-37-31-17-5-10-24-39(31)54-41-26-12-8-21-35(41)47(46)49(37)54;1-2-14-31(15-3-1)53-40-22-10-5-16-32(40)34-27-26-30(28-44(34)53)48-35-18-4-9-21-39(35)51-50(52-48)55-43-25-13-7-19-36(43)46-45(55)29-38-33-17-6-11-23-41(33)54-42-24-12-8-20-37(42)47(46)49(38)54/h2*1-29H. The number of rotatable bonds is 6. The van der Waals surface area contributed by atoms with Gasteiger partial charge in [0.1, 0.15) is 0 Å². The van der Waals surface area contributed by atoms with Crippen LogP contribution in [0.5, 0.6) is 0 Å². The quantitative estimate of drug-likeness (QED) is 0.166. The molecule has 0 saturated carbocycles. The highest BCUT2D eigenvalue weighted by Gasteiger charge is 2.29. The highest BCUT2D eigenvalue weighted by molar-refractivity contribution is 6.37. The van der Waals surface area contributed by atoms with Gasteiger partial charge in [-0.3, -0.25) is 9.13 Å². The predicted octanol–water partition coefficient (Wildman–Crippen LogP) is 25.3. The highest BCUT2D eigenvalue weighted by atomic mass is 15.2. The van der Waals surface area contributed by atoms with Crippen molar-refractivity contribution < 1.29 is 0 Å². The fourth-order valence-electron chi connectivity index (χ4n) is 19.2. The molecule has 0 aliphatic carbocycles. The molecule has 10 heterocycles. The summed E-state index contributed by atoms with van der Waals surface area (Å²) in [5.41, 5.74) is 24.5. The van der Waals surface area contributed by atoms with Crippen LogP contribution in [0.15, 0.2) is 352 Å². The molecule has 0 N–H and O–H groups in total. The lowest BCUT2D eigenvalue weighted by Gasteiger charge is -2.13. The Balaban J connectivity index is 0.000000126. The van der Waals surface area contributed by atoms with E-state index in [1.165, 1.54) is 130 Å². The molecule has 0 aliphatic heterocycles. The van der Waals surface area contributed by atoms with Gasteiger partial charge in [-0.1, -0.05) is 243 Å². The molecule has 508 valence electrons. The van der Waals surface area contributed by atoms with Gasteiger partial charge in [0.15, 0.2) is 0 Å². The van der Waals surface area contributed by atoms with Crippen molar-refractivity contribution in [2.45, 2.75) is 0 Å². The SMILES string of the molecule is c1ccc(-n2c3ccccc3c3c(-c4nc(-n5c6ccccc6c6c7c8ccccc8n8c9ccccc9c(cc65)c78)nc5ccccc45)cccc32)cc1.c1ccc(-n2c3ccccc3c3ccc(-c4nc(-n5c6ccccc6c6c7c8ccccc8n8c9ccccc9c(cc65)c78)nc5ccccc45)cc32)cc1. The summed E-state index contributed by atoms with van der Waals surface area (Å²) in [5.74, 6) is 1.32. The van der Waals surface area contributed by atoms with Crippen LogP contribution >= 0.6 is 0 Å². The first kappa shape index (κ1) is 59.3. The van der Waals surface area contributed by atoms with Crippen LogP contribution in [-0.2, 0) is 0 Å². The van der Waals surface area contributed by atoms with Crippen LogP contribution in [0.3, 0.4) is 0 Å². The van der Waals surface area contributed by atoms with Crippen molar-refractivity contribution in [1.82, 2.24) is 47.0 Å². The number of hydrogen-bond donors (Lipinski definition) is 0. The van der Waals surface area contributed by atoms with Gasteiger partial charge in [0.25, 0.3) is 0 Å². The van der Waals surface area contributed by atoms with Crippen LogP contribution in [0.1, 0.15) is 0 Å². The zero-order valence-corrected chi connectivity index (χ0v) is 59.0. The second-order valence-corrected chi connectivity index (χ2v) is 29.1. The molecular weight excluding hydrogens is 1340 g/mol. The minimum absolute atomic E-state index is 0.658. The van der Waals surface area contributed by atoms with Gasteiger partial charge in [0, 0.05) is 119 Å². The summed E-state index contributed by atoms with van der Waals surface area (Å²) in [6, 6.07) is 126. The molecule has 0 fully saturated rings. The Bertz CT molecular complexity index is 8380. The minimum atomic E-state index is 0.658. The Hall–Kier alpha value is -15.0. The van der Waals surface area contributed by atoms with Gasteiger partial charge in [-0.25, -0.2) is 19.9 Å². The van der Waals surface area contributed by atoms with Gasteiger partial charge < -0.3 is 17.9 Å². The first-order valence-corrected chi connectivity index (χ1v) is 37.5. The van der Waals surface area contributed by atoms with Gasteiger partial charge in [-0.05, 0) is 109 Å². The maximum absolute atomic E-state index is 5.63. The van der Waals surface area contributed by atoms with Crippen molar-refractivity contribution in [3.8, 4) is 45.8 Å². The highest BCUT2D eigenvalue weighted by Crippen LogP contribution is 2.50. The van der Waals surface area contributed by atoms with E-state index in [0.29, 0.717) is 11.9 Å². The summed E-state index contributed by atoms with van der Waals surface area (Å²) >= 11 is 0. The molecule has 0 bridgehead atoms. The number of nitrogens with zero attached hydrogens (tertiary/aromatic N) is 10. The third-order valence-electron chi connectivity index (χ3n) is 23.5. The molecule has 0 atom stereocenters. The van der Waals surface area contributed by atoms with Gasteiger partial charge in [0.05, 0.1) is 99.7 Å². The molecule has 10 heteroatoms. The van der Waals surface area contributed by atoms with Gasteiger partial charge in [0.2, 0.25) is 11.9 Å². The van der Waals surface area contributed by atoms with Crippen molar-refractivity contribution in [2.24, 2.45) is 0 Å². The summed E-state index contributed by atoms with van der Waals surface area (Å²) in [6.45, 7) is 0. The van der Waals surface area contributed by atoms with E-state index in [1.807, 2.05) is 0 Å². The predicted molar refractivity (Wildman–Crippen MR) is 457 cm³/mol. The fraction of sp³-hybridized carbons (Fsp3) is 0. The number of benzene rings is 16. The molecule has 26 aromatic rings. The van der Waals surface area contributed by atoms with E-state index >= 15 is 0 Å². The van der Waals surface area contributed by atoms with Crippen LogP contribution in [0.4, 0.5) is 0 Å². The smallest absolute Gasteiger partial charge is 0.235 e. The maximum Gasteiger partial charge on any atom is 0.235 e. The summed E-state index contributed by atoms with van der Waals surface area (Å²) < 4.78 is 14.2. The van der Waals surface area contributed by atoms with Gasteiger partial charge in [-0.15, -0.1) is 0 Å². The average Bonchev–Trinajstić information content (AvgIpc) is 1.52. The molecule has 110 heavy (non-hydrogen) atoms. The van der Waals surface area contributed by atoms with Crippen molar-refractivity contribution in [2.75, 3.05) is 0 Å². The first-order valence-electron chi connectivity index (χ1n) is 37.5. The molecule has 0 unspecified atom stereocenters. The van der Waals surface area contributed by atoms with Crippen LogP contribution in [-0.4, -0.2) is 47.0 Å². The Labute approximate surface area is 625 Å². The monoisotopic (exact) mass is 1400 g/mol. The number of aromatic nitrogens is 10. The molecule has 0 aliphatic rings. The topological polar surface area (TPSA) is 80.1 Å². The van der Waals surface area contributed by atoms with E-state index in [9.17, 15) is 0 Å². The molecule has 26 rings (SSSR count). The lowest BCUT2D eigenvalue weighted by Crippen LogP contribution is -2.03. The largest absolute Gasteiger partial charge is 0.309 e. The van der Waals surface area contributed by atoms with Crippen molar-refractivity contribution >= 4 is 185 Å². The van der Waals surface area contributed by atoms with Crippen molar-refractivity contribution in [1.29, 1.82) is 0 Å². The number of hydrogen-bond acceptors (Lipinski definition) is 4. The van der Waals surface area contributed by atoms with Crippen molar-refractivity contribution in [3.05, 3.63) is 352 Å². The number of fused-ring (bicyclic) bond motifs is 28. The van der Waals surface area contributed by atoms with Crippen LogP contribution in [0.25, 0.3) is 231 Å². The summed E-state index contributed by atoms with van der Waals surface area (Å²) in [4.78, 5) is 21.9. The van der Waals surface area contributed by atoms with E-state index in [4.69, 9.17) is 19.9 Å². The Morgan fingerprint density at radius 2 is 0.518 bits per heavy atom. The Kier molecular flexibility index (Phi) is 12.0. The fourth-order valence-corrected chi connectivity index (χ4v) is 19.2. The molecule has 0 radical (unpaired) electrons. The second-order valence-electron chi connectivity index (χ2n) is 29.1. The normalized spacial score (nSPS) is 12.4. The van der Waals surface area contributed by atoms with E-state index in [2.05, 4.69) is 379 Å². The van der Waals surface area contributed by atoms with E-state index in [0.717, 1.165) is 88.8 Å². The summed E-state index contributed by atoms with van der Waals surface area (Å²) in [5, 5.41) is 21.7. The molecule has 0 spiro atoms. The first-order chi connectivity index (χ1) is 54.6. The lowest BCUT2D eigenvalue weighted by atomic mass is 10.0. The molecule has 16 aromatic carbocycles. The van der Waals surface area contributed by atoms with Crippen LogP contribution in [0, 0.1) is 0 Å². The summed E-state index contributed by atoms with van der Waals surface area (Å²) in [7, 11) is 0. The molecular formula is C100H58N10. The Morgan fingerprint density at radius 1 is 0.182 bits per heavy atom.